The molecule has 0 aliphatic heterocycles. The fourth-order valence-corrected chi connectivity index (χ4v) is 2.21. The molecule has 3 aromatic rings. The molecule has 6 heteroatoms. The molecule has 0 spiro atoms. The van der Waals surface area contributed by atoms with E-state index in [4.69, 9.17) is 22.1 Å². The summed E-state index contributed by atoms with van der Waals surface area (Å²) in [5, 5.41) is 1.08. The van der Waals surface area contributed by atoms with Gasteiger partial charge in [-0.05, 0) is 37.6 Å². The Hall–Kier alpha value is -2.40. The van der Waals surface area contributed by atoms with E-state index in [0.29, 0.717) is 17.1 Å². The first-order valence-corrected chi connectivity index (χ1v) is 6.76. The third-order valence-corrected chi connectivity index (χ3v) is 3.27. The quantitative estimate of drug-likeness (QED) is 0.731. The van der Waals surface area contributed by atoms with E-state index in [-0.39, 0.29) is 11.2 Å². The number of nitrogens with zero attached hydrogens (tertiary/aromatic N) is 3. The van der Waals surface area contributed by atoms with E-state index in [1.165, 1.54) is 0 Å². The largest absolute Gasteiger partial charge is 0.435 e. The normalized spacial score (nSPS) is 10.8. The zero-order valence-corrected chi connectivity index (χ0v) is 12.3. The highest BCUT2D eigenvalue weighted by atomic mass is 35.5. The van der Waals surface area contributed by atoms with Crippen molar-refractivity contribution in [2.75, 3.05) is 5.73 Å². The first-order chi connectivity index (χ1) is 10.0. The number of aryl methyl sites for hydroxylation is 2. The Bertz CT molecular complexity index is 835. The molecule has 0 bridgehead atoms. The van der Waals surface area contributed by atoms with Crippen LogP contribution < -0.4 is 10.5 Å². The van der Waals surface area contributed by atoms with E-state index < -0.39 is 0 Å². The van der Waals surface area contributed by atoms with Crippen molar-refractivity contribution in [1.29, 1.82) is 0 Å². The summed E-state index contributed by atoms with van der Waals surface area (Å²) in [7, 11) is 0. The highest BCUT2D eigenvalue weighted by Gasteiger charge is 2.12. The van der Waals surface area contributed by atoms with Gasteiger partial charge >= 0.3 is 0 Å². The van der Waals surface area contributed by atoms with Crippen LogP contribution in [0.4, 0.5) is 5.69 Å². The molecule has 0 amide bonds. The predicted octanol–water partition coefficient (Wildman–Crippen LogP) is 3.67. The van der Waals surface area contributed by atoms with Crippen LogP contribution in [-0.2, 0) is 0 Å². The molecule has 0 aliphatic carbocycles. The van der Waals surface area contributed by atoms with Gasteiger partial charge in [0, 0.05) is 11.1 Å². The average Bonchev–Trinajstić information content (AvgIpc) is 2.45. The zero-order valence-electron chi connectivity index (χ0n) is 11.6. The molecular weight excluding hydrogens is 288 g/mol. The lowest BCUT2D eigenvalue weighted by atomic mass is 10.2. The van der Waals surface area contributed by atoms with Gasteiger partial charge in [0.2, 0.25) is 11.2 Å². The van der Waals surface area contributed by atoms with Gasteiger partial charge in [-0.3, -0.25) is 0 Å². The highest BCUT2D eigenvalue weighted by Crippen LogP contribution is 2.32. The lowest BCUT2D eigenvalue weighted by molar-refractivity contribution is 0.468. The summed E-state index contributed by atoms with van der Waals surface area (Å²) >= 11 is 5.86. The first-order valence-electron chi connectivity index (χ1n) is 6.38. The summed E-state index contributed by atoms with van der Waals surface area (Å²) in [5.74, 6) is 0.820. The van der Waals surface area contributed by atoms with Crippen molar-refractivity contribution in [3.63, 3.8) is 0 Å². The second-order valence-corrected chi connectivity index (χ2v) is 5.02. The summed E-state index contributed by atoms with van der Waals surface area (Å²) < 4.78 is 5.82. The van der Waals surface area contributed by atoms with Gasteiger partial charge in [0.25, 0.3) is 0 Å². The van der Waals surface area contributed by atoms with Gasteiger partial charge in [-0.15, -0.1) is 0 Å². The van der Waals surface area contributed by atoms with E-state index in [2.05, 4.69) is 15.0 Å². The summed E-state index contributed by atoms with van der Waals surface area (Å²) in [6, 6.07) is 9.62. The number of aromatic nitrogens is 3. The van der Waals surface area contributed by atoms with Crippen molar-refractivity contribution < 1.29 is 4.74 Å². The lowest BCUT2D eigenvalue weighted by Gasteiger charge is -2.11. The predicted molar refractivity (Wildman–Crippen MR) is 82.7 cm³/mol. The molecule has 106 valence electrons. The van der Waals surface area contributed by atoms with Gasteiger partial charge in [0.1, 0.15) is 11.2 Å². The van der Waals surface area contributed by atoms with E-state index in [1.807, 2.05) is 37.3 Å². The van der Waals surface area contributed by atoms with Gasteiger partial charge in [0.15, 0.2) is 5.75 Å². The Morgan fingerprint density at radius 1 is 1.05 bits per heavy atom. The van der Waals surface area contributed by atoms with E-state index in [9.17, 15) is 0 Å². The Morgan fingerprint density at radius 2 is 1.86 bits per heavy atom. The molecule has 0 saturated heterocycles. The van der Waals surface area contributed by atoms with Crippen LogP contribution in [-0.4, -0.2) is 15.0 Å². The van der Waals surface area contributed by atoms with Crippen molar-refractivity contribution >= 4 is 28.2 Å². The topological polar surface area (TPSA) is 73.9 Å². The molecule has 0 saturated carbocycles. The minimum atomic E-state index is 0.0982. The second-order valence-electron chi connectivity index (χ2n) is 4.68. The van der Waals surface area contributed by atoms with Crippen LogP contribution in [0.15, 0.2) is 30.3 Å². The number of nitrogens with two attached hydrogens (primary N) is 1. The number of hydrogen-bond donors (Lipinski definition) is 1. The third kappa shape index (κ3) is 2.60. The van der Waals surface area contributed by atoms with Crippen LogP contribution in [0.2, 0.25) is 5.28 Å². The summed E-state index contributed by atoms with van der Waals surface area (Å²) in [5.41, 5.74) is 8.55. The van der Waals surface area contributed by atoms with Crippen LogP contribution >= 0.6 is 11.6 Å². The smallest absolute Gasteiger partial charge is 0.247 e. The number of fused-ring (bicyclic) bond motifs is 1. The maximum Gasteiger partial charge on any atom is 0.247 e. The molecule has 0 unspecified atom stereocenters. The molecule has 0 fully saturated rings. The molecule has 2 aromatic heterocycles. The average molecular weight is 301 g/mol. The Labute approximate surface area is 126 Å². The lowest BCUT2D eigenvalue weighted by Crippen LogP contribution is -2.01. The summed E-state index contributed by atoms with van der Waals surface area (Å²) in [6.07, 6.45) is 0. The molecule has 1 aromatic carbocycles. The van der Waals surface area contributed by atoms with E-state index in [1.54, 1.807) is 6.92 Å². The van der Waals surface area contributed by atoms with Crippen LogP contribution in [0.1, 0.15) is 11.4 Å². The van der Waals surface area contributed by atoms with Crippen LogP contribution in [0.25, 0.3) is 10.9 Å². The van der Waals surface area contributed by atoms with Gasteiger partial charge in [-0.1, -0.05) is 18.2 Å². The Kier molecular flexibility index (Phi) is 3.35. The Balaban J connectivity index is 2.12. The molecule has 0 atom stereocenters. The van der Waals surface area contributed by atoms with Crippen LogP contribution in [0, 0.1) is 13.8 Å². The van der Waals surface area contributed by atoms with Crippen LogP contribution in [0.3, 0.4) is 0 Å². The van der Waals surface area contributed by atoms with Crippen molar-refractivity contribution in [3.05, 3.63) is 47.0 Å². The van der Waals surface area contributed by atoms with Crippen molar-refractivity contribution in [2.45, 2.75) is 13.8 Å². The van der Waals surface area contributed by atoms with Crippen molar-refractivity contribution in [3.8, 4) is 11.6 Å². The molecule has 21 heavy (non-hydrogen) atoms. The van der Waals surface area contributed by atoms with Crippen molar-refractivity contribution in [1.82, 2.24) is 15.0 Å². The number of benzene rings is 1. The Morgan fingerprint density at radius 3 is 2.67 bits per heavy atom. The maximum atomic E-state index is 5.94. The summed E-state index contributed by atoms with van der Waals surface area (Å²) in [6.45, 7) is 3.68. The number of halogens is 1. The second kappa shape index (κ2) is 5.18. The molecule has 0 radical (unpaired) electrons. The van der Waals surface area contributed by atoms with Crippen molar-refractivity contribution in [2.24, 2.45) is 0 Å². The number of hydrogen-bond acceptors (Lipinski definition) is 5. The zero-order chi connectivity index (χ0) is 15.0. The minimum absolute atomic E-state index is 0.0982. The van der Waals surface area contributed by atoms with E-state index >= 15 is 0 Å². The molecule has 2 heterocycles. The molecule has 0 aliphatic rings. The highest BCUT2D eigenvalue weighted by molar-refractivity contribution is 6.28. The number of anilines is 1. The number of pyridine rings is 1. The summed E-state index contributed by atoms with van der Waals surface area (Å²) in [4.78, 5) is 12.5. The monoisotopic (exact) mass is 300 g/mol. The molecule has 2 N–H and O–H groups in total. The van der Waals surface area contributed by atoms with Crippen LogP contribution in [0.5, 0.6) is 11.6 Å². The van der Waals surface area contributed by atoms with Gasteiger partial charge in [-0.25, -0.2) is 9.97 Å². The van der Waals surface area contributed by atoms with E-state index in [0.717, 1.165) is 16.6 Å². The standard InChI is InChI=1S/C15H13ClN4O/c1-8-6-7-10-4-3-5-11(13(10)18-8)21-14-12(17)9(2)19-15(16)20-14/h3-7H,17H2,1-2H3. The molecule has 3 rings (SSSR count). The van der Waals surface area contributed by atoms with Gasteiger partial charge in [-0.2, -0.15) is 4.98 Å². The first kappa shape index (κ1) is 13.6. The third-order valence-electron chi connectivity index (χ3n) is 3.10. The van der Waals surface area contributed by atoms with Gasteiger partial charge < -0.3 is 10.5 Å². The number of para-hydroxylation sites is 1. The molecular formula is C15H13ClN4O. The number of ether oxygens (including phenoxy) is 1. The number of rotatable bonds is 2. The number of nitrogen functional groups attached to an aromatic ring is 1. The SMILES string of the molecule is Cc1ccc2cccc(Oc3nc(Cl)nc(C)c3N)c2n1. The fourth-order valence-electron chi connectivity index (χ4n) is 2.00. The maximum absolute atomic E-state index is 5.94. The fraction of sp³-hybridized carbons (Fsp3) is 0.133. The van der Waals surface area contributed by atoms with Gasteiger partial charge in [0.05, 0.1) is 5.69 Å². The molecule has 5 nitrogen and oxygen atoms in total. The minimum Gasteiger partial charge on any atom is -0.435 e.